The highest BCUT2D eigenvalue weighted by molar-refractivity contribution is 7.92. The van der Waals surface area contributed by atoms with E-state index < -0.39 is 16.0 Å². The van der Waals surface area contributed by atoms with Gasteiger partial charge in [0.05, 0.1) is 26.4 Å². The molecule has 25 heavy (non-hydrogen) atoms. The van der Waals surface area contributed by atoms with E-state index in [4.69, 9.17) is 14.2 Å². The van der Waals surface area contributed by atoms with Gasteiger partial charge in [-0.15, -0.1) is 0 Å². The lowest BCUT2D eigenvalue weighted by molar-refractivity contribution is 0.0526. The SMILES string of the molecule is CCOC(=O)c1ccc(NS(=O)(=O)c2cc(OC)ccc2OC)cc1. The summed E-state index contributed by atoms with van der Waals surface area (Å²) in [7, 11) is -1.08. The number of sulfonamides is 1. The minimum Gasteiger partial charge on any atom is -0.497 e. The number of carbonyl (C=O) groups is 1. The van der Waals surface area contributed by atoms with Crippen LogP contribution in [0.1, 0.15) is 17.3 Å². The Bertz CT molecular complexity index is 846. The van der Waals surface area contributed by atoms with Gasteiger partial charge in [-0.1, -0.05) is 0 Å². The van der Waals surface area contributed by atoms with Gasteiger partial charge in [0.25, 0.3) is 10.0 Å². The molecule has 2 aromatic rings. The second-order valence-electron chi connectivity index (χ2n) is 4.92. The summed E-state index contributed by atoms with van der Waals surface area (Å²) in [6.07, 6.45) is 0. The van der Waals surface area contributed by atoms with Crippen LogP contribution in [-0.4, -0.2) is 35.2 Å². The van der Waals surface area contributed by atoms with E-state index in [1.165, 1.54) is 50.6 Å². The zero-order valence-electron chi connectivity index (χ0n) is 14.1. The second-order valence-corrected chi connectivity index (χ2v) is 6.57. The number of esters is 1. The monoisotopic (exact) mass is 365 g/mol. The Hall–Kier alpha value is -2.74. The van der Waals surface area contributed by atoms with Crippen molar-refractivity contribution in [2.45, 2.75) is 11.8 Å². The Morgan fingerprint density at radius 3 is 2.28 bits per heavy atom. The van der Waals surface area contributed by atoms with Crippen LogP contribution in [0, 0.1) is 0 Å². The van der Waals surface area contributed by atoms with E-state index in [0.29, 0.717) is 17.0 Å². The lowest BCUT2D eigenvalue weighted by Gasteiger charge is -2.13. The average Bonchev–Trinajstić information content (AvgIpc) is 2.61. The van der Waals surface area contributed by atoms with E-state index in [0.717, 1.165) is 0 Å². The van der Waals surface area contributed by atoms with Crippen LogP contribution in [0.4, 0.5) is 5.69 Å². The molecule has 0 fully saturated rings. The number of methoxy groups -OCH3 is 2. The van der Waals surface area contributed by atoms with E-state index in [9.17, 15) is 13.2 Å². The zero-order chi connectivity index (χ0) is 18.4. The van der Waals surface area contributed by atoms with Crippen LogP contribution in [0.3, 0.4) is 0 Å². The number of benzene rings is 2. The Morgan fingerprint density at radius 1 is 1.04 bits per heavy atom. The average molecular weight is 365 g/mol. The number of anilines is 1. The Labute approximate surface area is 146 Å². The van der Waals surface area contributed by atoms with Gasteiger partial charge in [-0.25, -0.2) is 13.2 Å². The van der Waals surface area contributed by atoms with Crippen LogP contribution in [0.5, 0.6) is 11.5 Å². The molecule has 2 aromatic carbocycles. The lowest BCUT2D eigenvalue weighted by Crippen LogP contribution is -2.14. The predicted molar refractivity (Wildman–Crippen MR) is 92.8 cm³/mol. The van der Waals surface area contributed by atoms with Crippen molar-refractivity contribution in [3.63, 3.8) is 0 Å². The molecule has 0 unspecified atom stereocenters. The number of hydrogen-bond acceptors (Lipinski definition) is 6. The molecule has 0 bridgehead atoms. The van der Waals surface area contributed by atoms with Crippen molar-refractivity contribution in [3.05, 3.63) is 48.0 Å². The van der Waals surface area contributed by atoms with Crippen LogP contribution in [0.15, 0.2) is 47.4 Å². The molecule has 0 radical (unpaired) electrons. The summed E-state index contributed by atoms with van der Waals surface area (Å²) in [4.78, 5) is 11.6. The van der Waals surface area contributed by atoms with Crippen molar-refractivity contribution in [1.29, 1.82) is 0 Å². The summed E-state index contributed by atoms with van der Waals surface area (Å²) in [6, 6.07) is 10.4. The molecule has 0 amide bonds. The number of rotatable bonds is 7. The van der Waals surface area contributed by atoms with Crippen LogP contribution >= 0.6 is 0 Å². The van der Waals surface area contributed by atoms with Gasteiger partial charge in [-0.3, -0.25) is 4.72 Å². The van der Waals surface area contributed by atoms with Gasteiger partial charge in [-0.05, 0) is 43.3 Å². The van der Waals surface area contributed by atoms with Gasteiger partial charge in [0, 0.05) is 11.8 Å². The molecule has 0 aliphatic heterocycles. The van der Waals surface area contributed by atoms with E-state index in [-0.39, 0.29) is 17.3 Å². The molecule has 8 heteroatoms. The maximum absolute atomic E-state index is 12.6. The van der Waals surface area contributed by atoms with Gasteiger partial charge < -0.3 is 14.2 Å². The van der Waals surface area contributed by atoms with Crippen LogP contribution < -0.4 is 14.2 Å². The highest BCUT2D eigenvalue weighted by atomic mass is 32.2. The lowest BCUT2D eigenvalue weighted by atomic mass is 10.2. The topological polar surface area (TPSA) is 90.9 Å². The largest absolute Gasteiger partial charge is 0.497 e. The fraction of sp³-hybridized carbons (Fsp3) is 0.235. The van der Waals surface area contributed by atoms with Crippen LogP contribution in [0.2, 0.25) is 0 Å². The summed E-state index contributed by atoms with van der Waals surface area (Å²) >= 11 is 0. The van der Waals surface area contributed by atoms with Crippen molar-refractivity contribution in [2.75, 3.05) is 25.5 Å². The normalized spacial score (nSPS) is 10.8. The summed E-state index contributed by atoms with van der Waals surface area (Å²) in [5.41, 5.74) is 0.640. The first-order chi connectivity index (χ1) is 11.9. The standard InChI is InChI=1S/C17H19NO6S/c1-4-24-17(19)12-5-7-13(8-6-12)18-25(20,21)16-11-14(22-2)9-10-15(16)23-3/h5-11,18H,4H2,1-3H3. The fourth-order valence-electron chi connectivity index (χ4n) is 2.09. The highest BCUT2D eigenvalue weighted by Gasteiger charge is 2.21. The smallest absolute Gasteiger partial charge is 0.338 e. The number of ether oxygens (including phenoxy) is 3. The Balaban J connectivity index is 2.28. The zero-order valence-corrected chi connectivity index (χ0v) is 14.9. The van der Waals surface area contributed by atoms with E-state index in [2.05, 4.69) is 4.72 Å². The van der Waals surface area contributed by atoms with Gasteiger partial charge in [0.1, 0.15) is 16.4 Å². The summed E-state index contributed by atoms with van der Waals surface area (Å²) in [6.45, 7) is 1.98. The first-order valence-corrected chi connectivity index (χ1v) is 8.91. The van der Waals surface area contributed by atoms with Crippen molar-refractivity contribution in [2.24, 2.45) is 0 Å². The molecule has 0 saturated carbocycles. The van der Waals surface area contributed by atoms with Crippen molar-refractivity contribution >= 4 is 21.7 Å². The highest BCUT2D eigenvalue weighted by Crippen LogP contribution is 2.29. The predicted octanol–water partition coefficient (Wildman–Crippen LogP) is 2.68. The number of carbonyl (C=O) groups excluding carboxylic acids is 1. The third-order valence-electron chi connectivity index (χ3n) is 3.31. The molecule has 0 heterocycles. The molecular formula is C17H19NO6S. The minimum atomic E-state index is -3.90. The molecule has 0 saturated heterocycles. The van der Waals surface area contributed by atoms with Gasteiger partial charge in [0.2, 0.25) is 0 Å². The summed E-state index contributed by atoms with van der Waals surface area (Å²) in [5, 5.41) is 0. The maximum Gasteiger partial charge on any atom is 0.338 e. The molecule has 7 nitrogen and oxygen atoms in total. The Morgan fingerprint density at radius 2 is 1.72 bits per heavy atom. The van der Waals surface area contributed by atoms with Crippen molar-refractivity contribution in [1.82, 2.24) is 0 Å². The maximum atomic E-state index is 12.6. The van der Waals surface area contributed by atoms with Crippen molar-refractivity contribution in [3.8, 4) is 11.5 Å². The summed E-state index contributed by atoms with van der Waals surface area (Å²) < 4.78 is 42.8. The van der Waals surface area contributed by atoms with Crippen LogP contribution in [-0.2, 0) is 14.8 Å². The van der Waals surface area contributed by atoms with Gasteiger partial charge in [-0.2, -0.15) is 0 Å². The van der Waals surface area contributed by atoms with E-state index >= 15 is 0 Å². The first kappa shape index (κ1) is 18.6. The molecular weight excluding hydrogens is 346 g/mol. The van der Waals surface area contributed by atoms with Crippen molar-refractivity contribution < 1.29 is 27.4 Å². The molecule has 0 aromatic heterocycles. The molecule has 0 atom stereocenters. The molecule has 0 aliphatic rings. The molecule has 1 N–H and O–H groups in total. The van der Waals surface area contributed by atoms with Gasteiger partial charge >= 0.3 is 5.97 Å². The third kappa shape index (κ3) is 4.42. The third-order valence-corrected chi connectivity index (χ3v) is 4.71. The Kier molecular flexibility index (Phi) is 5.87. The molecule has 0 spiro atoms. The second kappa shape index (κ2) is 7.89. The molecule has 134 valence electrons. The number of hydrogen-bond donors (Lipinski definition) is 1. The van der Waals surface area contributed by atoms with E-state index in [1.54, 1.807) is 13.0 Å². The molecule has 0 aliphatic carbocycles. The first-order valence-electron chi connectivity index (χ1n) is 7.43. The number of nitrogens with one attached hydrogen (secondary N) is 1. The minimum absolute atomic E-state index is 0.0520. The summed E-state index contributed by atoms with van der Waals surface area (Å²) in [5.74, 6) is 0.113. The van der Waals surface area contributed by atoms with Crippen LogP contribution in [0.25, 0.3) is 0 Å². The molecule has 2 rings (SSSR count). The van der Waals surface area contributed by atoms with Gasteiger partial charge in [0.15, 0.2) is 0 Å². The quantitative estimate of drug-likeness (QED) is 0.759. The fourth-order valence-corrected chi connectivity index (χ4v) is 3.34. The van der Waals surface area contributed by atoms with E-state index in [1.807, 2.05) is 0 Å².